The molecule has 0 aromatic heterocycles. The van der Waals surface area contributed by atoms with E-state index in [1.807, 2.05) is 48.5 Å². The van der Waals surface area contributed by atoms with Crippen LogP contribution in [-0.4, -0.2) is 38.5 Å². The summed E-state index contributed by atoms with van der Waals surface area (Å²) in [5, 5.41) is 6.90. The number of ether oxygens (including phenoxy) is 4. The molecule has 0 aliphatic carbocycles. The second-order valence-corrected chi connectivity index (χ2v) is 6.70. The first-order valence-electron chi connectivity index (χ1n) is 9.09. The molecule has 6 nitrogen and oxygen atoms in total. The van der Waals surface area contributed by atoms with Crippen LogP contribution in [0.1, 0.15) is 23.6 Å². The standard InChI is InChI=1S/C20H22N2O4/c1-3-7-15-13(5-1)19-21-11-18-17(25-19)12-22-20(26-18)14-6-2-4-8-16(14)24-10-9-23-15/h1-8,17-22H,9-12H2/t17-,18-,19+,20+/m0/s1. The van der Waals surface area contributed by atoms with Crippen LogP contribution in [0.5, 0.6) is 11.5 Å². The molecule has 5 heterocycles. The highest BCUT2D eigenvalue weighted by molar-refractivity contribution is 5.37. The van der Waals surface area contributed by atoms with Crippen molar-refractivity contribution >= 4 is 0 Å². The smallest absolute Gasteiger partial charge is 0.138 e. The highest BCUT2D eigenvalue weighted by atomic mass is 16.6. The molecule has 0 radical (unpaired) electrons. The third-order valence-electron chi connectivity index (χ3n) is 5.05. The lowest BCUT2D eigenvalue weighted by Gasteiger charge is -2.43. The van der Waals surface area contributed by atoms with E-state index in [2.05, 4.69) is 10.6 Å². The van der Waals surface area contributed by atoms with E-state index >= 15 is 0 Å². The monoisotopic (exact) mass is 354 g/mol. The van der Waals surface area contributed by atoms with Gasteiger partial charge in [-0.3, -0.25) is 10.6 Å². The van der Waals surface area contributed by atoms with Crippen LogP contribution in [0.2, 0.25) is 0 Å². The van der Waals surface area contributed by atoms with Crippen molar-refractivity contribution in [2.75, 3.05) is 26.3 Å². The Kier molecular flexibility index (Phi) is 4.26. The summed E-state index contributed by atoms with van der Waals surface area (Å²) >= 11 is 0. The molecule has 136 valence electrons. The highest BCUT2D eigenvalue weighted by Crippen LogP contribution is 2.35. The van der Waals surface area contributed by atoms with Gasteiger partial charge in [0.25, 0.3) is 0 Å². The normalized spacial score (nSPS) is 30.5. The quantitative estimate of drug-likeness (QED) is 0.756. The van der Waals surface area contributed by atoms with Crippen molar-refractivity contribution in [3.05, 3.63) is 59.7 Å². The Morgan fingerprint density at radius 1 is 0.654 bits per heavy atom. The predicted octanol–water partition coefficient (Wildman–Crippen LogP) is 2.13. The second kappa shape index (κ2) is 6.89. The third kappa shape index (κ3) is 2.95. The van der Waals surface area contributed by atoms with Crippen LogP contribution in [0.4, 0.5) is 0 Å². The van der Waals surface area contributed by atoms with Crippen molar-refractivity contribution < 1.29 is 18.9 Å². The van der Waals surface area contributed by atoms with Crippen LogP contribution in [0.3, 0.4) is 0 Å². The fourth-order valence-corrected chi connectivity index (χ4v) is 3.75. The Hall–Kier alpha value is -2.12. The molecule has 6 heteroatoms. The summed E-state index contributed by atoms with van der Waals surface area (Å²) in [7, 11) is 0. The second-order valence-electron chi connectivity index (χ2n) is 6.70. The Labute approximate surface area is 152 Å². The first kappa shape index (κ1) is 16.1. The molecule has 2 N–H and O–H groups in total. The van der Waals surface area contributed by atoms with Gasteiger partial charge in [-0.05, 0) is 12.1 Å². The van der Waals surface area contributed by atoms with Crippen molar-refractivity contribution in [1.82, 2.24) is 10.6 Å². The molecule has 0 saturated carbocycles. The molecule has 2 fully saturated rings. The Morgan fingerprint density at radius 2 is 1.12 bits per heavy atom. The van der Waals surface area contributed by atoms with Gasteiger partial charge in [0, 0.05) is 24.2 Å². The van der Waals surface area contributed by atoms with Crippen molar-refractivity contribution in [2.24, 2.45) is 0 Å². The van der Waals surface area contributed by atoms with Crippen molar-refractivity contribution in [1.29, 1.82) is 0 Å². The van der Waals surface area contributed by atoms with Gasteiger partial charge in [0.15, 0.2) is 0 Å². The Balaban J connectivity index is 1.50. The molecule has 0 amide bonds. The number of para-hydroxylation sites is 2. The lowest BCUT2D eigenvalue weighted by molar-refractivity contribution is -0.195. The summed E-state index contributed by atoms with van der Waals surface area (Å²) in [5.74, 6) is 1.64. The first-order valence-corrected chi connectivity index (χ1v) is 9.09. The van der Waals surface area contributed by atoms with Crippen LogP contribution in [0.25, 0.3) is 0 Å². The summed E-state index contributed by atoms with van der Waals surface area (Å²) in [5.41, 5.74) is 2.01. The van der Waals surface area contributed by atoms with Crippen LogP contribution in [0, 0.1) is 0 Å². The minimum atomic E-state index is -0.203. The number of nitrogens with one attached hydrogen (secondary N) is 2. The van der Waals surface area contributed by atoms with Crippen LogP contribution >= 0.6 is 0 Å². The van der Waals surface area contributed by atoms with Gasteiger partial charge >= 0.3 is 0 Å². The number of fused-ring (bicyclic) bond motifs is 2. The zero-order valence-electron chi connectivity index (χ0n) is 14.4. The number of hydrogen-bond acceptors (Lipinski definition) is 6. The van der Waals surface area contributed by atoms with E-state index in [-0.39, 0.29) is 24.7 Å². The minimum absolute atomic E-state index is 0.0124. The van der Waals surface area contributed by atoms with Gasteiger partial charge in [-0.1, -0.05) is 36.4 Å². The van der Waals surface area contributed by atoms with Gasteiger partial charge in [-0.15, -0.1) is 0 Å². The lowest BCUT2D eigenvalue weighted by Crippen LogP contribution is -2.57. The molecule has 7 rings (SSSR count). The van der Waals surface area contributed by atoms with Crippen LogP contribution in [-0.2, 0) is 9.47 Å². The van der Waals surface area contributed by atoms with Crippen LogP contribution in [0.15, 0.2) is 48.5 Å². The van der Waals surface area contributed by atoms with Gasteiger partial charge in [-0.25, -0.2) is 0 Å². The number of hydrogen-bond donors (Lipinski definition) is 2. The average Bonchev–Trinajstić information content (AvgIpc) is 2.71. The van der Waals surface area contributed by atoms with E-state index in [1.165, 1.54) is 0 Å². The summed E-state index contributed by atoms with van der Waals surface area (Å²) in [6, 6.07) is 16.0. The van der Waals surface area contributed by atoms with Crippen molar-refractivity contribution in [3.8, 4) is 11.5 Å². The summed E-state index contributed by atoms with van der Waals surface area (Å²) in [6.45, 7) is 2.38. The average molecular weight is 354 g/mol. The number of benzene rings is 2. The SMILES string of the molecule is c1ccc2c(c1)OCCOc1ccccc1[C@@H]1NC[C@@H]3O[C@H]2NC[C@@H]3O1. The summed E-state index contributed by atoms with van der Waals surface area (Å²) < 4.78 is 24.5. The number of rotatable bonds is 0. The van der Waals surface area contributed by atoms with E-state index < -0.39 is 0 Å². The maximum Gasteiger partial charge on any atom is 0.138 e. The fourth-order valence-electron chi connectivity index (χ4n) is 3.75. The highest BCUT2D eigenvalue weighted by Gasteiger charge is 2.39. The molecular weight excluding hydrogens is 332 g/mol. The molecule has 2 aromatic carbocycles. The molecule has 0 spiro atoms. The summed E-state index contributed by atoms with van der Waals surface area (Å²) in [4.78, 5) is 0. The van der Waals surface area contributed by atoms with Gasteiger partial charge in [0.1, 0.15) is 37.2 Å². The van der Waals surface area contributed by atoms with Crippen molar-refractivity contribution in [3.63, 3.8) is 0 Å². The topological polar surface area (TPSA) is 61.0 Å². The van der Waals surface area contributed by atoms with Crippen molar-refractivity contribution in [2.45, 2.75) is 24.7 Å². The summed E-state index contributed by atoms with van der Waals surface area (Å²) in [6.07, 6.45) is -0.431. The molecule has 2 aromatic rings. The molecule has 2 saturated heterocycles. The first-order chi connectivity index (χ1) is 12.9. The Bertz CT molecular complexity index is 718. The molecule has 0 unspecified atom stereocenters. The van der Waals surface area contributed by atoms with Gasteiger partial charge < -0.3 is 18.9 Å². The van der Waals surface area contributed by atoms with Gasteiger partial charge in [-0.2, -0.15) is 0 Å². The van der Waals surface area contributed by atoms with E-state index in [0.717, 1.165) is 35.7 Å². The zero-order valence-corrected chi connectivity index (χ0v) is 14.4. The lowest BCUT2D eigenvalue weighted by atomic mass is 10.0. The molecule has 5 aliphatic rings. The predicted molar refractivity (Wildman–Crippen MR) is 95.1 cm³/mol. The van der Waals surface area contributed by atoms with E-state index in [1.54, 1.807) is 0 Å². The Morgan fingerprint density at radius 3 is 1.62 bits per heavy atom. The molecule has 4 atom stereocenters. The largest absolute Gasteiger partial charge is 0.490 e. The van der Waals surface area contributed by atoms with E-state index in [4.69, 9.17) is 18.9 Å². The third-order valence-corrected chi connectivity index (χ3v) is 5.05. The molecular formula is C20H22N2O4. The fraction of sp³-hybridized carbons (Fsp3) is 0.400. The minimum Gasteiger partial charge on any atom is -0.490 e. The molecule has 26 heavy (non-hydrogen) atoms. The van der Waals surface area contributed by atoms with E-state index in [9.17, 15) is 0 Å². The molecule has 4 bridgehead atoms. The van der Waals surface area contributed by atoms with E-state index in [0.29, 0.717) is 13.2 Å². The van der Waals surface area contributed by atoms with Gasteiger partial charge in [0.05, 0.1) is 12.2 Å². The van der Waals surface area contributed by atoms with Gasteiger partial charge in [0.2, 0.25) is 0 Å². The van der Waals surface area contributed by atoms with Crippen LogP contribution < -0.4 is 20.1 Å². The maximum absolute atomic E-state index is 6.29. The molecule has 5 aliphatic heterocycles. The zero-order chi connectivity index (χ0) is 17.3. The maximum atomic E-state index is 6.29.